The van der Waals surface area contributed by atoms with Gasteiger partial charge >= 0.3 is 12.0 Å². The number of carbonyl (C=O) groups excluding carboxylic acids is 1. The molecule has 0 unspecified atom stereocenters. The van der Waals surface area contributed by atoms with Gasteiger partial charge in [-0.15, -0.1) is 0 Å². The fraction of sp³-hybridized carbons (Fsp3) is 0.600. The van der Waals surface area contributed by atoms with Crippen LogP contribution in [-0.2, 0) is 11.2 Å². The third kappa shape index (κ3) is 4.20. The summed E-state index contributed by atoms with van der Waals surface area (Å²) in [5.74, 6) is -0.400. The molecule has 0 aromatic carbocycles. The fourth-order valence-electron chi connectivity index (χ4n) is 2.66. The van der Waals surface area contributed by atoms with Gasteiger partial charge < -0.3 is 15.7 Å². The van der Waals surface area contributed by atoms with Gasteiger partial charge in [0.25, 0.3) is 0 Å². The normalized spacial score (nSPS) is 25.3. The van der Waals surface area contributed by atoms with Crippen LogP contribution in [0.15, 0.2) is 16.8 Å². The van der Waals surface area contributed by atoms with Crippen LogP contribution in [-0.4, -0.2) is 29.2 Å². The maximum Gasteiger partial charge on any atom is 0.329 e. The highest BCUT2D eigenvalue weighted by atomic mass is 32.1. The molecule has 6 heteroatoms. The zero-order valence-electron chi connectivity index (χ0n) is 12.2. The molecule has 0 aliphatic heterocycles. The van der Waals surface area contributed by atoms with E-state index in [9.17, 15) is 14.7 Å². The van der Waals surface area contributed by atoms with Gasteiger partial charge in [0.05, 0.1) is 0 Å². The molecule has 1 saturated carbocycles. The van der Waals surface area contributed by atoms with Crippen LogP contribution in [0, 0.1) is 5.92 Å². The minimum atomic E-state index is -1.10. The van der Waals surface area contributed by atoms with Crippen molar-refractivity contribution in [2.45, 2.75) is 44.6 Å². The van der Waals surface area contributed by atoms with Gasteiger partial charge in [-0.3, -0.25) is 0 Å². The van der Waals surface area contributed by atoms with E-state index < -0.39 is 11.5 Å². The van der Waals surface area contributed by atoms with E-state index in [1.807, 2.05) is 16.8 Å². The number of carboxylic acid groups (broad SMARTS) is 1. The second kappa shape index (κ2) is 6.93. The van der Waals surface area contributed by atoms with Crippen molar-refractivity contribution < 1.29 is 14.7 Å². The van der Waals surface area contributed by atoms with Crippen LogP contribution in [0.2, 0.25) is 0 Å². The van der Waals surface area contributed by atoms with E-state index in [0.29, 0.717) is 25.3 Å². The minimum Gasteiger partial charge on any atom is -0.480 e. The molecule has 1 fully saturated rings. The van der Waals surface area contributed by atoms with Crippen LogP contribution in [0.4, 0.5) is 4.79 Å². The first-order chi connectivity index (χ1) is 10.0. The molecule has 116 valence electrons. The summed E-state index contributed by atoms with van der Waals surface area (Å²) in [5, 5.41) is 18.9. The molecule has 21 heavy (non-hydrogen) atoms. The Bertz CT molecular complexity index is 479. The standard InChI is InChI=1S/C15H22N2O3S/c1-11-2-6-15(7-3-11,13(18)19)17-14(20)16-8-4-12-5-9-21-10-12/h5,9-11H,2-4,6-8H2,1H3,(H,18,19)(H2,16,17,20). The summed E-state index contributed by atoms with van der Waals surface area (Å²) < 4.78 is 0. The van der Waals surface area contributed by atoms with E-state index in [1.165, 1.54) is 5.56 Å². The van der Waals surface area contributed by atoms with Gasteiger partial charge in [0.15, 0.2) is 0 Å². The maximum atomic E-state index is 11.9. The lowest BCUT2D eigenvalue weighted by atomic mass is 9.77. The summed E-state index contributed by atoms with van der Waals surface area (Å²) in [4.78, 5) is 23.5. The summed E-state index contributed by atoms with van der Waals surface area (Å²) >= 11 is 1.62. The van der Waals surface area contributed by atoms with Crippen LogP contribution in [0.5, 0.6) is 0 Å². The third-order valence-electron chi connectivity index (χ3n) is 4.17. The predicted octanol–water partition coefficient (Wildman–Crippen LogP) is 2.62. The van der Waals surface area contributed by atoms with Gasteiger partial charge in [-0.2, -0.15) is 11.3 Å². The Hall–Kier alpha value is -1.56. The molecule has 0 atom stereocenters. The van der Waals surface area contributed by atoms with Crippen molar-refractivity contribution in [2.75, 3.05) is 6.54 Å². The quantitative estimate of drug-likeness (QED) is 0.782. The van der Waals surface area contributed by atoms with Crippen LogP contribution in [0.3, 0.4) is 0 Å². The van der Waals surface area contributed by atoms with Gasteiger partial charge in [-0.1, -0.05) is 6.92 Å². The predicted molar refractivity (Wildman–Crippen MR) is 82.6 cm³/mol. The lowest BCUT2D eigenvalue weighted by molar-refractivity contribution is -0.146. The Morgan fingerprint density at radius 1 is 1.43 bits per heavy atom. The first kappa shape index (κ1) is 15.8. The number of hydrogen-bond acceptors (Lipinski definition) is 3. The summed E-state index contributed by atoms with van der Waals surface area (Å²) in [6, 6.07) is 1.63. The first-order valence-electron chi connectivity index (χ1n) is 7.32. The molecular weight excluding hydrogens is 288 g/mol. The highest BCUT2D eigenvalue weighted by Crippen LogP contribution is 2.32. The Morgan fingerprint density at radius 3 is 2.71 bits per heavy atom. The van der Waals surface area contributed by atoms with E-state index in [2.05, 4.69) is 17.6 Å². The third-order valence-corrected chi connectivity index (χ3v) is 4.90. The summed E-state index contributed by atoms with van der Waals surface area (Å²) in [5.41, 5.74) is 0.0821. The zero-order chi connectivity index (χ0) is 15.3. The Morgan fingerprint density at radius 2 is 2.14 bits per heavy atom. The van der Waals surface area contributed by atoms with Crippen molar-refractivity contribution in [1.29, 1.82) is 0 Å². The number of amides is 2. The average Bonchev–Trinajstić information content (AvgIpc) is 2.94. The largest absolute Gasteiger partial charge is 0.480 e. The Labute approximate surface area is 128 Å². The molecule has 0 saturated heterocycles. The summed E-state index contributed by atoms with van der Waals surface area (Å²) in [7, 11) is 0. The van der Waals surface area contributed by atoms with Crippen molar-refractivity contribution in [3.63, 3.8) is 0 Å². The lowest BCUT2D eigenvalue weighted by Gasteiger charge is -2.36. The van der Waals surface area contributed by atoms with Crippen molar-refractivity contribution in [1.82, 2.24) is 10.6 Å². The van der Waals surface area contributed by atoms with Crippen molar-refractivity contribution in [2.24, 2.45) is 5.92 Å². The van der Waals surface area contributed by atoms with Crippen LogP contribution < -0.4 is 10.6 Å². The lowest BCUT2D eigenvalue weighted by Crippen LogP contribution is -2.58. The molecule has 1 aliphatic rings. The Kier molecular flexibility index (Phi) is 5.22. The molecule has 0 radical (unpaired) electrons. The SMILES string of the molecule is CC1CCC(NC(=O)NCCc2ccsc2)(C(=O)O)CC1. The monoisotopic (exact) mass is 310 g/mol. The van der Waals surface area contributed by atoms with Crippen molar-refractivity contribution in [3.05, 3.63) is 22.4 Å². The van der Waals surface area contributed by atoms with E-state index in [4.69, 9.17) is 0 Å². The zero-order valence-corrected chi connectivity index (χ0v) is 13.0. The van der Waals surface area contributed by atoms with Gasteiger partial charge in [0.1, 0.15) is 5.54 Å². The fourth-order valence-corrected chi connectivity index (χ4v) is 3.37. The number of hydrogen-bond donors (Lipinski definition) is 3. The Balaban J connectivity index is 1.82. The van der Waals surface area contributed by atoms with Gasteiger partial charge in [-0.25, -0.2) is 9.59 Å². The molecule has 0 bridgehead atoms. The second-order valence-electron chi connectivity index (χ2n) is 5.83. The number of carbonyl (C=O) groups is 2. The van der Waals surface area contributed by atoms with Crippen LogP contribution >= 0.6 is 11.3 Å². The minimum absolute atomic E-state index is 0.387. The molecule has 2 amide bonds. The number of rotatable bonds is 5. The molecule has 1 aromatic rings. The van der Waals surface area contributed by atoms with Crippen LogP contribution in [0.25, 0.3) is 0 Å². The molecule has 2 rings (SSSR count). The first-order valence-corrected chi connectivity index (χ1v) is 8.26. The summed E-state index contributed by atoms with van der Waals surface area (Å²) in [6.45, 7) is 2.63. The number of carboxylic acids is 1. The van der Waals surface area contributed by atoms with Gasteiger partial charge in [0.2, 0.25) is 0 Å². The molecule has 3 N–H and O–H groups in total. The van der Waals surface area contributed by atoms with Gasteiger partial charge in [-0.05, 0) is 60.4 Å². The maximum absolute atomic E-state index is 11.9. The van der Waals surface area contributed by atoms with E-state index in [-0.39, 0.29) is 6.03 Å². The van der Waals surface area contributed by atoms with Gasteiger partial charge in [0, 0.05) is 6.54 Å². The smallest absolute Gasteiger partial charge is 0.329 e. The molecular formula is C15H22N2O3S. The van der Waals surface area contributed by atoms with Crippen LogP contribution in [0.1, 0.15) is 38.2 Å². The van der Waals surface area contributed by atoms with Crippen molar-refractivity contribution >= 4 is 23.3 Å². The molecule has 1 aliphatic carbocycles. The molecule has 5 nitrogen and oxygen atoms in total. The number of urea groups is 1. The molecule has 0 spiro atoms. The van der Waals surface area contributed by atoms with Crippen molar-refractivity contribution in [3.8, 4) is 0 Å². The van der Waals surface area contributed by atoms with E-state index in [0.717, 1.165) is 19.3 Å². The van der Waals surface area contributed by atoms with E-state index in [1.54, 1.807) is 11.3 Å². The molecule has 1 aromatic heterocycles. The average molecular weight is 310 g/mol. The topological polar surface area (TPSA) is 78.4 Å². The number of nitrogens with one attached hydrogen (secondary N) is 2. The number of aliphatic carboxylic acids is 1. The number of thiophene rings is 1. The van der Waals surface area contributed by atoms with E-state index >= 15 is 0 Å². The highest BCUT2D eigenvalue weighted by molar-refractivity contribution is 7.07. The second-order valence-corrected chi connectivity index (χ2v) is 6.61. The highest BCUT2D eigenvalue weighted by Gasteiger charge is 2.42. The molecule has 1 heterocycles. The summed E-state index contributed by atoms with van der Waals surface area (Å²) in [6.07, 6.45) is 3.43.